The molecule has 0 aliphatic carbocycles. The van der Waals surface area contributed by atoms with Crippen molar-refractivity contribution in [1.29, 1.82) is 0 Å². The molecule has 0 aliphatic rings. The number of carbonyl (C=O) groups excluding carboxylic acids is 1. The van der Waals surface area contributed by atoms with Crippen LogP contribution in [0.3, 0.4) is 0 Å². The average Bonchev–Trinajstić information content (AvgIpc) is 2.82. The molecule has 0 saturated heterocycles. The van der Waals surface area contributed by atoms with Gasteiger partial charge >= 0.3 is 0 Å². The van der Waals surface area contributed by atoms with Gasteiger partial charge in [0, 0.05) is 13.3 Å². The second-order valence-corrected chi connectivity index (χ2v) is 4.26. The number of nitrogens with one attached hydrogen (secondary N) is 1. The van der Waals surface area contributed by atoms with E-state index in [1.807, 2.05) is 35.6 Å². The first-order valence-electron chi connectivity index (χ1n) is 6.11. The minimum Gasteiger partial charge on any atom is -0.308 e. The van der Waals surface area contributed by atoms with E-state index in [2.05, 4.69) is 20.5 Å². The summed E-state index contributed by atoms with van der Waals surface area (Å²) < 4.78 is 1.94. The zero-order valence-electron chi connectivity index (χ0n) is 10.7. The molecule has 1 N–H and O–H groups in total. The maximum absolute atomic E-state index is 11.3. The summed E-state index contributed by atoms with van der Waals surface area (Å²) in [5.74, 6) is 1.12. The van der Waals surface area contributed by atoms with Crippen LogP contribution in [0, 0.1) is 0 Å². The number of anilines is 1. The van der Waals surface area contributed by atoms with Crippen molar-refractivity contribution in [3.8, 4) is 0 Å². The lowest BCUT2D eigenvalue weighted by molar-refractivity contribution is -0.114. The van der Waals surface area contributed by atoms with Crippen LogP contribution in [0.2, 0.25) is 0 Å². The molecule has 19 heavy (non-hydrogen) atoms. The molecule has 6 heteroatoms. The van der Waals surface area contributed by atoms with Crippen LogP contribution in [-0.2, 0) is 11.2 Å². The monoisotopic (exact) mass is 255 g/mol. The van der Waals surface area contributed by atoms with Crippen molar-refractivity contribution in [3.63, 3.8) is 0 Å². The molecule has 1 amide bonds. The third kappa shape index (κ3) is 1.81. The van der Waals surface area contributed by atoms with E-state index in [-0.39, 0.29) is 5.91 Å². The highest BCUT2D eigenvalue weighted by atomic mass is 16.1. The van der Waals surface area contributed by atoms with Gasteiger partial charge in [0.05, 0.1) is 11.0 Å². The van der Waals surface area contributed by atoms with Crippen molar-refractivity contribution in [2.24, 2.45) is 0 Å². The van der Waals surface area contributed by atoms with Crippen molar-refractivity contribution in [1.82, 2.24) is 19.6 Å². The third-order valence-corrected chi connectivity index (χ3v) is 2.91. The highest BCUT2D eigenvalue weighted by Gasteiger charge is 2.14. The van der Waals surface area contributed by atoms with E-state index in [1.165, 1.54) is 6.92 Å². The minimum absolute atomic E-state index is 0.175. The number of amides is 1. The van der Waals surface area contributed by atoms with E-state index in [9.17, 15) is 4.79 Å². The number of aromatic nitrogens is 4. The average molecular weight is 255 g/mol. The quantitative estimate of drug-likeness (QED) is 0.757. The fraction of sp³-hybridized carbons (Fsp3) is 0.231. The summed E-state index contributed by atoms with van der Waals surface area (Å²) in [4.78, 5) is 15.7. The summed E-state index contributed by atoms with van der Waals surface area (Å²) in [6.07, 6.45) is 0.759. The molecular formula is C13H13N5O. The van der Waals surface area contributed by atoms with Crippen LogP contribution in [0.15, 0.2) is 24.3 Å². The SMILES string of the molecule is CCc1nnc2c(NC(C)=O)nc3ccccc3n12. The molecule has 0 aliphatic heterocycles. The van der Waals surface area contributed by atoms with Gasteiger partial charge in [-0.3, -0.25) is 9.20 Å². The predicted octanol–water partition coefficient (Wildman–Crippen LogP) is 1.80. The van der Waals surface area contributed by atoms with Crippen molar-refractivity contribution in [2.45, 2.75) is 20.3 Å². The summed E-state index contributed by atoms with van der Waals surface area (Å²) in [5, 5.41) is 11.0. The number of benzene rings is 1. The second-order valence-electron chi connectivity index (χ2n) is 4.26. The lowest BCUT2D eigenvalue weighted by Gasteiger charge is -2.07. The number of rotatable bonds is 2. The maximum atomic E-state index is 11.3. The molecule has 0 radical (unpaired) electrons. The Labute approximate surface area is 109 Å². The van der Waals surface area contributed by atoms with Gasteiger partial charge in [-0.25, -0.2) is 4.98 Å². The number of nitrogens with zero attached hydrogens (tertiary/aromatic N) is 4. The van der Waals surface area contributed by atoms with Gasteiger partial charge in [-0.1, -0.05) is 19.1 Å². The van der Waals surface area contributed by atoms with E-state index < -0.39 is 0 Å². The molecule has 6 nitrogen and oxygen atoms in total. The smallest absolute Gasteiger partial charge is 0.222 e. The lowest BCUT2D eigenvalue weighted by Crippen LogP contribution is -2.10. The first-order valence-corrected chi connectivity index (χ1v) is 6.11. The van der Waals surface area contributed by atoms with Gasteiger partial charge in [-0.15, -0.1) is 10.2 Å². The van der Waals surface area contributed by atoms with Gasteiger partial charge in [0.2, 0.25) is 11.6 Å². The van der Waals surface area contributed by atoms with Crippen LogP contribution in [0.25, 0.3) is 16.7 Å². The number of hydrogen-bond acceptors (Lipinski definition) is 4. The van der Waals surface area contributed by atoms with Crippen LogP contribution < -0.4 is 5.32 Å². The Hall–Kier alpha value is -2.50. The molecule has 0 atom stereocenters. The zero-order valence-corrected chi connectivity index (χ0v) is 10.7. The van der Waals surface area contributed by atoms with Crippen LogP contribution in [0.4, 0.5) is 5.82 Å². The van der Waals surface area contributed by atoms with Gasteiger partial charge in [-0.05, 0) is 12.1 Å². The number of carbonyl (C=O) groups is 1. The van der Waals surface area contributed by atoms with E-state index in [1.54, 1.807) is 0 Å². The molecule has 0 unspecified atom stereocenters. The molecule has 2 aromatic heterocycles. The third-order valence-electron chi connectivity index (χ3n) is 2.91. The maximum Gasteiger partial charge on any atom is 0.222 e. The topological polar surface area (TPSA) is 72.2 Å². The van der Waals surface area contributed by atoms with Crippen molar-refractivity contribution in [3.05, 3.63) is 30.1 Å². The Bertz CT molecular complexity index is 777. The van der Waals surface area contributed by atoms with Gasteiger partial charge in [0.1, 0.15) is 5.82 Å². The van der Waals surface area contributed by atoms with Crippen molar-refractivity contribution < 1.29 is 4.79 Å². The molecule has 0 bridgehead atoms. The van der Waals surface area contributed by atoms with Gasteiger partial charge in [0.15, 0.2) is 5.82 Å². The van der Waals surface area contributed by atoms with E-state index in [0.29, 0.717) is 11.5 Å². The summed E-state index contributed by atoms with van der Waals surface area (Å²) in [6, 6.07) is 7.73. The Morgan fingerprint density at radius 2 is 2.11 bits per heavy atom. The number of aryl methyl sites for hydroxylation is 1. The Morgan fingerprint density at radius 3 is 2.84 bits per heavy atom. The van der Waals surface area contributed by atoms with Gasteiger partial charge in [0.25, 0.3) is 0 Å². The molecule has 0 fully saturated rings. The van der Waals surface area contributed by atoms with Crippen molar-refractivity contribution in [2.75, 3.05) is 5.32 Å². The Balaban J connectivity index is 2.42. The lowest BCUT2D eigenvalue weighted by atomic mass is 10.3. The van der Waals surface area contributed by atoms with Crippen LogP contribution in [0.5, 0.6) is 0 Å². The van der Waals surface area contributed by atoms with Gasteiger partial charge < -0.3 is 5.32 Å². The van der Waals surface area contributed by atoms with Crippen LogP contribution >= 0.6 is 0 Å². The van der Waals surface area contributed by atoms with E-state index in [4.69, 9.17) is 0 Å². The standard InChI is InChI=1S/C13H13N5O/c1-3-11-16-17-13-12(14-8(2)19)15-9-6-4-5-7-10(9)18(11)13/h4-7H,3H2,1-2H3,(H,14,15,19). The molecule has 96 valence electrons. The summed E-state index contributed by atoms with van der Waals surface area (Å²) >= 11 is 0. The predicted molar refractivity (Wildman–Crippen MR) is 72.0 cm³/mol. The number of para-hydroxylation sites is 2. The largest absolute Gasteiger partial charge is 0.308 e. The summed E-state index contributed by atoms with van der Waals surface area (Å²) in [6.45, 7) is 3.47. The Kier molecular flexibility index (Phi) is 2.63. The fourth-order valence-electron chi connectivity index (χ4n) is 2.12. The summed E-state index contributed by atoms with van der Waals surface area (Å²) in [5.41, 5.74) is 2.31. The molecular weight excluding hydrogens is 242 g/mol. The molecule has 1 aromatic carbocycles. The first-order chi connectivity index (χ1) is 9.20. The second kappa shape index (κ2) is 4.31. The molecule has 2 heterocycles. The molecule has 0 spiro atoms. The zero-order chi connectivity index (χ0) is 13.4. The van der Waals surface area contributed by atoms with Crippen LogP contribution in [0.1, 0.15) is 19.7 Å². The number of hydrogen-bond donors (Lipinski definition) is 1. The summed E-state index contributed by atoms with van der Waals surface area (Å²) in [7, 11) is 0. The highest BCUT2D eigenvalue weighted by molar-refractivity contribution is 5.93. The Morgan fingerprint density at radius 1 is 1.32 bits per heavy atom. The molecule has 0 saturated carbocycles. The van der Waals surface area contributed by atoms with Crippen LogP contribution in [-0.4, -0.2) is 25.5 Å². The highest BCUT2D eigenvalue weighted by Crippen LogP contribution is 2.21. The van der Waals surface area contributed by atoms with E-state index >= 15 is 0 Å². The van der Waals surface area contributed by atoms with Gasteiger partial charge in [-0.2, -0.15) is 0 Å². The van der Waals surface area contributed by atoms with E-state index in [0.717, 1.165) is 23.3 Å². The minimum atomic E-state index is -0.175. The molecule has 3 rings (SSSR count). The normalized spacial score (nSPS) is 11.1. The molecule has 3 aromatic rings. The van der Waals surface area contributed by atoms with Crippen molar-refractivity contribution >= 4 is 28.4 Å². The number of fused-ring (bicyclic) bond motifs is 3. The first kappa shape index (κ1) is 11.6. The fourth-order valence-corrected chi connectivity index (χ4v) is 2.12.